The van der Waals surface area contributed by atoms with Gasteiger partial charge in [0.15, 0.2) is 5.82 Å². The maximum absolute atomic E-state index is 12.5. The van der Waals surface area contributed by atoms with Crippen LogP contribution >= 0.6 is 0 Å². The van der Waals surface area contributed by atoms with E-state index in [0.29, 0.717) is 5.91 Å². The number of nitrogens with one attached hydrogen (secondary N) is 1. The SMILES string of the molecule is O=C(C1CCCC1)N1CCN(c2cc(-c3ccccc3)[nH]n2)CC1. The van der Waals surface area contributed by atoms with E-state index in [1.165, 1.54) is 12.8 Å². The van der Waals surface area contributed by atoms with Crippen molar-refractivity contribution in [2.45, 2.75) is 25.7 Å². The first-order valence-corrected chi connectivity index (χ1v) is 8.96. The Bertz CT molecular complexity index is 682. The van der Waals surface area contributed by atoms with Gasteiger partial charge in [-0.15, -0.1) is 0 Å². The lowest BCUT2D eigenvalue weighted by Crippen LogP contribution is -2.50. The Labute approximate surface area is 142 Å². The third-order valence-electron chi connectivity index (χ3n) is 5.27. The molecular weight excluding hydrogens is 300 g/mol. The van der Waals surface area contributed by atoms with Crippen molar-refractivity contribution in [1.82, 2.24) is 15.1 Å². The molecule has 4 rings (SSSR count). The summed E-state index contributed by atoms with van der Waals surface area (Å²) in [6, 6.07) is 12.3. The summed E-state index contributed by atoms with van der Waals surface area (Å²) in [6.45, 7) is 3.33. The zero-order valence-electron chi connectivity index (χ0n) is 13.9. The Balaban J connectivity index is 1.38. The van der Waals surface area contributed by atoms with Crippen LogP contribution < -0.4 is 4.90 Å². The number of carbonyl (C=O) groups is 1. The van der Waals surface area contributed by atoms with Crippen molar-refractivity contribution in [2.75, 3.05) is 31.1 Å². The number of rotatable bonds is 3. The molecule has 1 aliphatic heterocycles. The van der Waals surface area contributed by atoms with Crippen molar-refractivity contribution < 1.29 is 4.79 Å². The zero-order valence-corrected chi connectivity index (χ0v) is 13.9. The van der Waals surface area contributed by atoms with Crippen molar-refractivity contribution in [3.63, 3.8) is 0 Å². The molecule has 2 fully saturated rings. The quantitative estimate of drug-likeness (QED) is 0.944. The Morgan fingerprint density at radius 2 is 1.75 bits per heavy atom. The number of piperazine rings is 1. The fourth-order valence-corrected chi connectivity index (χ4v) is 3.83. The van der Waals surface area contributed by atoms with Gasteiger partial charge in [-0.2, -0.15) is 5.10 Å². The van der Waals surface area contributed by atoms with Gasteiger partial charge in [0.25, 0.3) is 0 Å². The minimum atomic E-state index is 0.284. The van der Waals surface area contributed by atoms with Crippen molar-refractivity contribution >= 4 is 11.7 Å². The number of nitrogens with zero attached hydrogens (tertiary/aromatic N) is 3. The second-order valence-electron chi connectivity index (χ2n) is 6.80. The number of amides is 1. The number of aromatic nitrogens is 2. The summed E-state index contributed by atoms with van der Waals surface area (Å²) < 4.78 is 0. The van der Waals surface area contributed by atoms with E-state index >= 15 is 0 Å². The summed E-state index contributed by atoms with van der Waals surface area (Å²) in [6.07, 6.45) is 4.59. The highest BCUT2D eigenvalue weighted by Gasteiger charge is 2.29. The molecule has 0 unspecified atom stereocenters. The van der Waals surface area contributed by atoms with E-state index in [1.54, 1.807) is 0 Å². The topological polar surface area (TPSA) is 52.2 Å². The van der Waals surface area contributed by atoms with E-state index in [4.69, 9.17) is 0 Å². The van der Waals surface area contributed by atoms with Gasteiger partial charge in [-0.1, -0.05) is 43.2 Å². The van der Waals surface area contributed by atoms with Gasteiger partial charge in [0.05, 0.1) is 5.69 Å². The molecule has 1 aliphatic carbocycles. The minimum absolute atomic E-state index is 0.284. The first-order valence-electron chi connectivity index (χ1n) is 8.96. The number of carbonyl (C=O) groups excluding carboxylic acids is 1. The molecule has 1 amide bonds. The predicted octanol–water partition coefficient (Wildman–Crippen LogP) is 2.92. The fraction of sp³-hybridized carbons (Fsp3) is 0.474. The van der Waals surface area contributed by atoms with Gasteiger partial charge in [0.1, 0.15) is 0 Å². The van der Waals surface area contributed by atoms with E-state index in [1.807, 2.05) is 18.2 Å². The maximum Gasteiger partial charge on any atom is 0.225 e. The van der Waals surface area contributed by atoms with E-state index in [-0.39, 0.29) is 5.92 Å². The van der Waals surface area contributed by atoms with Crippen molar-refractivity contribution in [3.05, 3.63) is 36.4 Å². The third-order valence-corrected chi connectivity index (χ3v) is 5.27. The summed E-state index contributed by atoms with van der Waals surface area (Å²) in [5.41, 5.74) is 2.18. The third kappa shape index (κ3) is 3.03. The van der Waals surface area contributed by atoms with Crippen LogP contribution in [0.3, 0.4) is 0 Å². The molecule has 1 saturated heterocycles. The average molecular weight is 324 g/mol. The summed E-state index contributed by atoms with van der Waals surface area (Å²) >= 11 is 0. The largest absolute Gasteiger partial charge is 0.352 e. The molecule has 0 bridgehead atoms. The Morgan fingerprint density at radius 1 is 1.04 bits per heavy atom. The lowest BCUT2D eigenvalue weighted by Gasteiger charge is -2.36. The number of hydrogen-bond acceptors (Lipinski definition) is 3. The van der Waals surface area contributed by atoms with E-state index in [0.717, 1.165) is 56.1 Å². The van der Waals surface area contributed by atoms with Crippen LogP contribution in [0.4, 0.5) is 5.82 Å². The highest BCUT2D eigenvalue weighted by molar-refractivity contribution is 5.79. The average Bonchev–Trinajstić information content (AvgIpc) is 3.34. The second-order valence-corrected chi connectivity index (χ2v) is 6.80. The molecule has 1 aromatic carbocycles. The molecule has 2 aromatic rings. The molecule has 5 nitrogen and oxygen atoms in total. The maximum atomic E-state index is 12.5. The van der Waals surface area contributed by atoms with Crippen LogP contribution in [0.1, 0.15) is 25.7 Å². The number of benzene rings is 1. The van der Waals surface area contributed by atoms with Gasteiger partial charge in [-0.05, 0) is 18.4 Å². The van der Waals surface area contributed by atoms with Crippen LogP contribution in [0.2, 0.25) is 0 Å². The number of aromatic amines is 1. The summed E-state index contributed by atoms with van der Waals surface area (Å²) in [4.78, 5) is 16.8. The van der Waals surface area contributed by atoms with Gasteiger partial charge in [0, 0.05) is 38.2 Å². The molecule has 1 N–H and O–H groups in total. The molecule has 0 spiro atoms. The molecule has 2 heterocycles. The minimum Gasteiger partial charge on any atom is -0.352 e. The monoisotopic (exact) mass is 324 g/mol. The van der Waals surface area contributed by atoms with Gasteiger partial charge in [-0.25, -0.2) is 0 Å². The van der Waals surface area contributed by atoms with Gasteiger partial charge < -0.3 is 9.80 Å². The first-order chi connectivity index (χ1) is 11.8. The van der Waals surface area contributed by atoms with Crippen molar-refractivity contribution in [1.29, 1.82) is 0 Å². The van der Waals surface area contributed by atoms with Gasteiger partial charge in [0.2, 0.25) is 5.91 Å². The highest BCUT2D eigenvalue weighted by Crippen LogP contribution is 2.27. The second kappa shape index (κ2) is 6.67. The summed E-state index contributed by atoms with van der Waals surface area (Å²) in [5.74, 6) is 1.63. The Kier molecular flexibility index (Phi) is 4.24. The number of H-pyrrole nitrogens is 1. The normalized spacial score (nSPS) is 19.0. The molecule has 0 atom stereocenters. The lowest BCUT2D eigenvalue weighted by atomic mass is 10.1. The number of anilines is 1. The zero-order chi connectivity index (χ0) is 16.4. The molecule has 126 valence electrons. The van der Waals surface area contributed by atoms with Crippen LogP contribution in [0.25, 0.3) is 11.3 Å². The van der Waals surface area contributed by atoms with Crippen molar-refractivity contribution in [2.24, 2.45) is 5.92 Å². The van der Waals surface area contributed by atoms with Crippen LogP contribution in [-0.2, 0) is 4.79 Å². The smallest absolute Gasteiger partial charge is 0.225 e. The molecule has 1 aromatic heterocycles. The molecule has 5 heteroatoms. The summed E-state index contributed by atoms with van der Waals surface area (Å²) in [7, 11) is 0. The van der Waals surface area contributed by atoms with Crippen LogP contribution in [-0.4, -0.2) is 47.2 Å². The number of hydrogen-bond donors (Lipinski definition) is 1. The molecule has 2 aliphatic rings. The van der Waals surface area contributed by atoms with Gasteiger partial charge >= 0.3 is 0 Å². The lowest BCUT2D eigenvalue weighted by molar-refractivity contribution is -0.135. The van der Waals surface area contributed by atoms with E-state index < -0.39 is 0 Å². The standard InChI is InChI=1S/C19H24N4O/c24-19(16-8-4-5-9-16)23-12-10-22(11-13-23)18-14-17(20-21-18)15-6-2-1-3-7-15/h1-3,6-7,14,16H,4-5,8-13H2,(H,20,21). The first kappa shape index (κ1) is 15.2. The van der Waals surface area contributed by atoms with E-state index in [9.17, 15) is 4.79 Å². The highest BCUT2D eigenvalue weighted by atomic mass is 16.2. The molecule has 1 saturated carbocycles. The molecular formula is C19H24N4O. The van der Waals surface area contributed by atoms with Crippen molar-refractivity contribution in [3.8, 4) is 11.3 Å². The molecule has 0 radical (unpaired) electrons. The molecule has 24 heavy (non-hydrogen) atoms. The van der Waals surface area contributed by atoms with Crippen LogP contribution in [0, 0.1) is 5.92 Å². The van der Waals surface area contributed by atoms with E-state index in [2.05, 4.69) is 38.2 Å². The Hall–Kier alpha value is -2.30. The van der Waals surface area contributed by atoms with Crippen LogP contribution in [0.15, 0.2) is 36.4 Å². The summed E-state index contributed by atoms with van der Waals surface area (Å²) in [5, 5.41) is 7.59. The van der Waals surface area contributed by atoms with Gasteiger partial charge in [-0.3, -0.25) is 9.89 Å². The Morgan fingerprint density at radius 3 is 2.46 bits per heavy atom. The predicted molar refractivity (Wildman–Crippen MR) is 94.8 cm³/mol. The fourth-order valence-electron chi connectivity index (χ4n) is 3.83. The van der Waals surface area contributed by atoms with Crippen LogP contribution in [0.5, 0.6) is 0 Å².